The van der Waals surface area contributed by atoms with Crippen LogP contribution in [0.4, 0.5) is 0 Å². The third-order valence-corrected chi connectivity index (χ3v) is 18.4. The first-order valence-corrected chi connectivity index (χ1v) is 20.4. The molecule has 2 heterocycles. The summed E-state index contributed by atoms with van der Waals surface area (Å²) in [6, 6.07) is 14.6. The van der Waals surface area contributed by atoms with Gasteiger partial charge in [-0.2, -0.15) is 0 Å². The Morgan fingerprint density at radius 3 is 1.59 bits per heavy atom. The fourth-order valence-corrected chi connectivity index (χ4v) is 7.27. The fourth-order valence-electron chi connectivity index (χ4n) is 4.68. The van der Waals surface area contributed by atoms with Crippen LogP contribution in [0.5, 0.6) is 23.0 Å². The molecule has 218 valence electrons. The molecule has 41 heavy (non-hydrogen) atoms. The lowest BCUT2D eigenvalue weighted by Gasteiger charge is -2.40. The van der Waals surface area contributed by atoms with Gasteiger partial charge in [0.05, 0.1) is 15.6 Å². The molecule has 5 nitrogen and oxygen atoms in total. The third-order valence-electron chi connectivity index (χ3n) is 9.16. The number of carbonyl (C=O) groups excluding carboxylic acids is 1. The molecule has 0 aromatic heterocycles. The Balaban J connectivity index is 1.74. The fraction of sp³-hybridized carbons (Fsp3) is 0.406. The van der Waals surface area contributed by atoms with Gasteiger partial charge in [-0.3, -0.25) is 0 Å². The van der Waals surface area contributed by atoms with Crippen LogP contribution in [0.25, 0.3) is 0 Å². The van der Waals surface area contributed by atoms with E-state index >= 15 is 0 Å². The van der Waals surface area contributed by atoms with E-state index in [0.717, 1.165) is 0 Å². The largest absolute Gasteiger partial charge is 0.542 e. The topological polar surface area (TPSA) is 54.0 Å². The van der Waals surface area contributed by atoms with Crippen LogP contribution < -0.4 is 13.6 Å². The second kappa shape index (κ2) is 9.53. The van der Waals surface area contributed by atoms with E-state index < -0.39 is 28.2 Å². The van der Waals surface area contributed by atoms with Crippen molar-refractivity contribution in [2.24, 2.45) is 0 Å². The Morgan fingerprint density at radius 2 is 1.15 bits per heavy atom. The minimum absolute atomic E-state index is 0.0342. The first-order valence-electron chi connectivity index (χ1n) is 13.9. The zero-order chi connectivity index (χ0) is 30.3. The highest BCUT2D eigenvalue weighted by Gasteiger charge is 2.54. The zero-order valence-corrected chi connectivity index (χ0v) is 28.9. The Labute approximate surface area is 255 Å². The van der Waals surface area contributed by atoms with Crippen LogP contribution in [0.1, 0.15) is 68.6 Å². The molecule has 3 aromatic rings. The molecule has 0 atom stereocenters. The van der Waals surface area contributed by atoms with E-state index in [1.54, 1.807) is 18.2 Å². The summed E-state index contributed by atoms with van der Waals surface area (Å²) in [5.41, 5.74) is 1.13. The molecule has 0 saturated heterocycles. The van der Waals surface area contributed by atoms with Crippen LogP contribution in [-0.2, 0) is 10.3 Å². The van der Waals surface area contributed by atoms with Crippen molar-refractivity contribution in [1.29, 1.82) is 0 Å². The SMILES string of the molecule is CC(C)(C)[Si](C)(C)Oc1cc2c(cc1Cl)C1(OC(=O)c3ccccc31)c1cc(Cl)c(O[Si](C)(C)C(C)(C)C)cc1O2. The Kier molecular flexibility index (Phi) is 6.97. The van der Waals surface area contributed by atoms with Gasteiger partial charge in [0.15, 0.2) is 5.60 Å². The van der Waals surface area contributed by atoms with Crippen LogP contribution in [0.3, 0.4) is 0 Å². The number of benzene rings is 3. The van der Waals surface area contributed by atoms with E-state index in [-0.39, 0.29) is 10.1 Å². The van der Waals surface area contributed by atoms with E-state index in [2.05, 4.69) is 67.7 Å². The van der Waals surface area contributed by atoms with E-state index in [1.165, 1.54) is 0 Å². The number of rotatable bonds is 4. The van der Waals surface area contributed by atoms with Gasteiger partial charge in [0.1, 0.15) is 23.0 Å². The maximum Gasteiger partial charge on any atom is 0.340 e. The summed E-state index contributed by atoms with van der Waals surface area (Å²) in [5.74, 6) is 1.66. The molecule has 0 radical (unpaired) electrons. The molecule has 2 aliphatic heterocycles. The van der Waals surface area contributed by atoms with Crippen LogP contribution in [-0.4, -0.2) is 22.6 Å². The maximum atomic E-state index is 13.3. The van der Waals surface area contributed by atoms with Crippen molar-refractivity contribution >= 4 is 45.8 Å². The summed E-state index contributed by atoms with van der Waals surface area (Å²) >= 11 is 13.8. The molecule has 9 heteroatoms. The molecule has 0 aliphatic carbocycles. The minimum atomic E-state index is -2.22. The van der Waals surface area contributed by atoms with Crippen LogP contribution >= 0.6 is 23.2 Å². The predicted molar refractivity (Wildman–Crippen MR) is 170 cm³/mol. The summed E-state index contributed by atoms with van der Waals surface area (Å²) < 4.78 is 26.1. The summed E-state index contributed by atoms with van der Waals surface area (Å²) in [7, 11) is -4.44. The first kappa shape index (κ1) is 30.0. The molecule has 3 aromatic carbocycles. The van der Waals surface area contributed by atoms with E-state index in [9.17, 15) is 4.79 Å². The highest BCUT2D eigenvalue weighted by Crippen LogP contribution is 2.59. The lowest BCUT2D eigenvalue weighted by atomic mass is 9.77. The van der Waals surface area contributed by atoms with Gasteiger partial charge < -0.3 is 18.3 Å². The van der Waals surface area contributed by atoms with Gasteiger partial charge >= 0.3 is 5.97 Å². The number of hydrogen-bond acceptors (Lipinski definition) is 5. The molecule has 2 aliphatic rings. The summed E-state index contributed by atoms with van der Waals surface area (Å²) in [6.45, 7) is 21.7. The predicted octanol–water partition coefficient (Wildman–Crippen LogP) is 10.3. The standard InChI is InChI=1S/C32H38Cl2O5Si2/c1-30(2,3)40(7,8)38-27-17-25-21(15-23(27)33)32(20-14-12-11-13-19(20)29(35)37-32)22-16-24(34)28(18-26(22)36-25)39-41(9,10)31(4,5)6/h11-18H,1-10H3. The van der Waals surface area contributed by atoms with Crippen molar-refractivity contribution in [3.63, 3.8) is 0 Å². The third kappa shape index (κ3) is 4.79. The monoisotopic (exact) mass is 628 g/mol. The number of fused-ring (bicyclic) bond motifs is 6. The Bertz CT molecular complexity index is 1480. The lowest BCUT2D eigenvalue weighted by Crippen LogP contribution is -2.44. The van der Waals surface area contributed by atoms with Gasteiger partial charge in [0.25, 0.3) is 16.6 Å². The van der Waals surface area contributed by atoms with Gasteiger partial charge in [-0.25, -0.2) is 4.79 Å². The van der Waals surface area contributed by atoms with Gasteiger partial charge in [0, 0.05) is 28.8 Å². The zero-order valence-electron chi connectivity index (χ0n) is 25.4. The number of ether oxygens (including phenoxy) is 2. The number of halogens is 2. The van der Waals surface area contributed by atoms with Crippen molar-refractivity contribution in [3.05, 3.63) is 80.8 Å². The van der Waals surface area contributed by atoms with Crippen molar-refractivity contribution in [2.45, 2.75) is 83.4 Å². The highest BCUT2D eigenvalue weighted by atomic mass is 35.5. The molecule has 0 N–H and O–H groups in total. The molecular weight excluding hydrogens is 591 g/mol. The van der Waals surface area contributed by atoms with Crippen molar-refractivity contribution in [2.75, 3.05) is 0 Å². The summed E-state index contributed by atoms with van der Waals surface area (Å²) in [5, 5.41) is 0.773. The number of carbonyl (C=O) groups is 1. The normalized spacial score (nSPS) is 16.0. The molecule has 0 amide bonds. The average Bonchev–Trinajstić information content (AvgIpc) is 3.13. The van der Waals surface area contributed by atoms with Gasteiger partial charge in [0.2, 0.25) is 0 Å². The van der Waals surface area contributed by atoms with Gasteiger partial charge in [-0.15, -0.1) is 0 Å². The molecule has 0 saturated carbocycles. The lowest BCUT2D eigenvalue weighted by molar-refractivity contribution is 0.0224. The molecular formula is C32H38Cl2O5Si2. The summed E-state index contributed by atoms with van der Waals surface area (Å²) in [4.78, 5) is 13.3. The van der Waals surface area contributed by atoms with Gasteiger partial charge in [-0.05, 0) is 54.5 Å². The van der Waals surface area contributed by atoms with Crippen LogP contribution in [0.15, 0.2) is 48.5 Å². The van der Waals surface area contributed by atoms with Gasteiger partial charge in [-0.1, -0.05) is 82.9 Å². The number of esters is 1. The average molecular weight is 630 g/mol. The number of hydrogen-bond donors (Lipinski definition) is 0. The van der Waals surface area contributed by atoms with Crippen molar-refractivity contribution < 1.29 is 23.1 Å². The van der Waals surface area contributed by atoms with Crippen molar-refractivity contribution in [3.8, 4) is 23.0 Å². The Hall–Kier alpha value is -2.46. The molecule has 1 spiro atoms. The summed E-state index contributed by atoms with van der Waals surface area (Å²) in [6.07, 6.45) is 0. The molecule has 5 rings (SSSR count). The smallest absolute Gasteiger partial charge is 0.340 e. The highest BCUT2D eigenvalue weighted by molar-refractivity contribution is 6.75. The van der Waals surface area contributed by atoms with Crippen LogP contribution in [0.2, 0.25) is 46.3 Å². The quantitative estimate of drug-likeness (QED) is 0.212. The molecule has 0 fully saturated rings. The van der Waals surface area contributed by atoms with Crippen molar-refractivity contribution in [1.82, 2.24) is 0 Å². The minimum Gasteiger partial charge on any atom is -0.542 e. The first-order chi connectivity index (χ1) is 18.8. The molecule has 0 unspecified atom stereocenters. The Morgan fingerprint density at radius 1 is 0.707 bits per heavy atom. The van der Waals surface area contributed by atoms with E-state index in [1.807, 2.05) is 30.3 Å². The molecule has 0 bridgehead atoms. The van der Waals surface area contributed by atoms with E-state index in [4.69, 9.17) is 41.5 Å². The maximum absolute atomic E-state index is 13.3. The van der Waals surface area contributed by atoms with E-state index in [0.29, 0.717) is 55.3 Å². The second-order valence-electron chi connectivity index (χ2n) is 14.0. The second-order valence-corrected chi connectivity index (χ2v) is 24.3. The van der Waals surface area contributed by atoms with Crippen LogP contribution in [0, 0.1) is 0 Å².